The molecule has 3 heteroatoms. The van der Waals surface area contributed by atoms with Crippen LogP contribution in [-0.4, -0.2) is 49.8 Å². The van der Waals surface area contributed by atoms with Gasteiger partial charge >= 0.3 is 0 Å². The second-order valence-corrected chi connectivity index (χ2v) is 6.81. The van der Waals surface area contributed by atoms with Crippen LogP contribution < -0.4 is 5.32 Å². The second-order valence-electron chi connectivity index (χ2n) is 6.81. The molecule has 2 atom stereocenters. The number of rotatable bonds is 8. The first-order valence-corrected chi connectivity index (χ1v) is 8.24. The van der Waals surface area contributed by atoms with Crippen molar-refractivity contribution in [2.75, 3.05) is 32.8 Å². The molecule has 2 aliphatic rings. The Hall–Kier alpha value is -0.120. The van der Waals surface area contributed by atoms with E-state index in [9.17, 15) is 0 Å². The molecule has 1 N–H and O–H groups in total. The Bertz CT molecular complexity index is 253. The molecule has 2 rings (SSSR count). The van der Waals surface area contributed by atoms with E-state index in [1.807, 2.05) is 0 Å². The molecule has 3 nitrogen and oxygen atoms in total. The van der Waals surface area contributed by atoms with E-state index in [2.05, 4.69) is 31.0 Å². The summed E-state index contributed by atoms with van der Waals surface area (Å²) in [6, 6.07) is 1.37. The predicted octanol–water partition coefficient (Wildman–Crippen LogP) is 2.51. The molecule has 19 heavy (non-hydrogen) atoms. The summed E-state index contributed by atoms with van der Waals surface area (Å²) < 4.78 is 5.81. The zero-order valence-electron chi connectivity index (χ0n) is 13.0. The summed E-state index contributed by atoms with van der Waals surface area (Å²) in [7, 11) is 0. The monoisotopic (exact) mass is 268 g/mol. The largest absolute Gasteiger partial charge is 0.380 e. The Morgan fingerprint density at radius 3 is 2.74 bits per heavy atom. The first kappa shape index (κ1) is 15.3. The Balaban J connectivity index is 1.69. The maximum absolute atomic E-state index is 5.81. The van der Waals surface area contributed by atoms with Gasteiger partial charge in [0.1, 0.15) is 0 Å². The summed E-state index contributed by atoms with van der Waals surface area (Å²) in [6.07, 6.45) is 5.31. The molecule has 1 saturated heterocycles. The van der Waals surface area contributed by atoms with E-state index in [1.165, 1.54) is 32.2 Å². The van der Waals surface area contributed by atoms with Gasteiger partial charge in [0.15, 0.2) is 0 Å². The maximum atomic E-state index is 5.81. The van der Waals surface area contributed by atoms with Gasteiger partial charge in [0.2, 0.25) is 0 Å². The van der Waals surface area contributed by atoms with Gasteiger partial charge in [-0.05, 0) is 37.5 Å². The molecule has 2 fully saturated rings. The smallest absolute Gasteiger partial charge is 0.0593 e. The van der Waals surface area contributed by atoms with Crippen LogP contribution in [0.15, 0.2) is 0 Å². The van der Waals surface area contributed by atoms with Gasteiger partial charge in [0, 0.05) is 38.3 Å². The van der Waals surface area contributed by atoms with Crippen LogP contribution in [0.5, 0.6) is 0 Å². The van der Waals surface area contributed by atoms with Crippen molar-refractivity contribution in [3.63, 3.8) is 0 Å². The molecule has 0 amide bonds. The van der Waals surface area contributed by atoms with Gasteiger partial charge in [0.05, 0.1) is 6.61 Å². The number of nitrogens with zero attached hydrogens (tertiary/aromatic N) is 1. The topological polar surface area (TPSA) is 24.5 Å². The number of hydrogen-bond acceptors (Lipinski definition) is 3. The van der Waals surface area contributed by atoms with E-state index >= 15 is 0 Å². The highest BCUT2D eigenvalue weighted by atomic mass is 16.5. The van der Waals surface area contributed by atoms with Crippen LogP contribution in [-0.2, 0) is 4.74 Å². The van der Waals surface area contributed by atoms with Crippen molar-refractivity contribution in [1.82, 2.24) is 10.2 Å². The molecule has 1 heterocycles. The molecule has 2 unspecified atom stereocenters. The standard InChI is InChI=1S/C16H32N2O/c1-4-16-10-17-15(9-13(2)3)11-18(16)7-8-19-12-14-5-6-14/h13-17H,4-12H2,1-3H3. The normalized spacial score (nSPS) is 29.1. The molecule has 0 spiro atoms. The third kappa shape index (κ3) is 5.41. The van der Waals surface area contributed by atoms with Crippen molar-refractivity contribution in [3.8, 4) is 0 Å². The SMILES string of the molecule is CCC1CNC(CC(C)C)CN1CCOCC1CC1. The average molecular weight is 268 g/mol. The quantitative estimate of drug-likeness (QED) is 0.685. The minimum Gasteiger partial charge on any atom is -0.380 e. The summed E-state index contributed by atoms with van der Waals surface area (Å²) >= 11 is 0. The molecular weight excluding hydrogens is 236 g/mol. The Labute approximate surface area is 119 Å². The van der Waals surface area contributed by atoms with Gasteiger partial charge in [-0.25, -0.2) is 0 Å². The fraction of sp³-hybridized carbons (Fsp3) is 1.00. The van der Waals surface area contributed by atoms with Crippen molar-refractivity contribution in [2.45, 2.75) is 58.5 Å². The third-order valence-corrected chi connectivity index (χ3v) is 4.41. The van der Waals surface area contributed by atoms with Crippen LogP contribution in [0.3, 0.4) is 0 Å². The van der Waals surface area contributed by atoms with Gasteiger partial charge in [-0.2, -0.15) is 0 Å². The predicted molar refractivity (Wildman–Crippen MR) is 80.4 cm³/mol. The number of hydrogen-bond donors (Lipinski definition) is 1. The van der Waals surface area contributed by atoms with Gasteiger partial charge in [-0.1, -0.05) is 20.8 Å². The van der Waals surface area contributed by atoms with Gasteiger partial charge in [-0.3, -0.25) is 4.90 Å². The molecule has 0 aromatic rings. The highest BCUT2D eigenvalue weighted by Gasteiger charge is 2.27. The van der Waals surface area contributed by atoms with E-state index in [1.54, 1.807) is 0 Å². The zero-order valence-corrected chi connectivity index (χ0v) is 13.0. The lowest BCUT2D eigenvalue weighted by Gasteiger charge is -2.40. The molecular formula is C16H32N2O. The summed E-state index contributed by atoms with van der Waals surface area (Å²) in [4.78, 5) is 2.65. The molecule has 1 aliphatic heterocycles. The van der Waals surface area contributed by atoms with Crippen LogP contribution in [0.2, 0.25) is 0 Å². The first-order chi connectivity index (χ1) is 9.19. The number of nitrogens with one attached hydrogen (secondary N) is 1. The minimum absolute atomic E-state index is 0.672. The zero-order chi connectivity index (χ0) is 13.7. The molecule has 1 saturated carbocycles. The van der Waals surface area contributed by atoms with Crippen LogP contribution in [0.1, 0.15) is 46.5 Å². The van der Waals surface area contributed by atoms with E-state index < -0.39 is 0 Å². The minimum atomic E-state index is 0.672. The Morgan fingerprint density at radius 1 is 1.32 bits per heavy atom. The molecule has 112 valence electrons. The fourth-order valence-electron chi connectivity index (χ4n) is 3.05. The fourth-order valence-corrected chi connectivity index (χ4v) is 3.05. The van der Waals surface area contributed by atoms with Gasteiger partial charge in [0.25, 0.3) is 0 Å². The highest BCUT2D eigenvalue weighted by Crippen LogP contribution is 2.28. The van der Waals surface area contributed by atoms with Crippen molar-refractivity contribution < 1.29 is 4.74 Å². The van der Waals surface area contributed by atoms with Gasteiger partial charge < -0.3 is 10.1 Å². The molecule has 0 bridgehead atoms. The molecule has 0 radical (unpaired) electrons. The van der Waals surface area contributed by atoms with Gasteiger partial charge in [-0.15, -0.1) is 0 Å². The summed E-state index contributed by atoms with van der Waals surface area (Å²) in [6.45, 7) is 12.3. The van der Waals surface area contributed by atoms with E-state index in [0.29, 0.717) is 12.1 Å². The van der Waals surface area contributed by atoms with Crippen molar-refractivity contribution >= 4 is 0 Å². The van der Waals surface area contributed by atoms with Crippen LogP contribution in [0, 0.1) is 11.8 Å². The second kappa shape index (κ2) is 7.61. The average Bonchev–Trinajstić information content (AvgIpc) is 3.18. The summed E-state index contributed by atoms with van der Waals surface area (Å²) in [5, 5.41) is 3.72. The molecule has 0 aromatic carbocycles. The molecule has 1 aliphatic carbocycles. The van der Waals surface area contributed by atoms with Crippen LogP contribution in [0.4, 0.5) is 0 Å². The highest BCUT2D eigenvalue weighted by molar-refractivity contribution is 4.86. The van der Waals surface area contributed by atoms with E-state index in [0.717, 1.165) is 38.1 Å². The first-order valence-electron chi connectivity index (χ1n) is 8.24. The van der Waals surface area contributed by atoms with E-state index in [-0.39, 0.29) is 0 Å². The third-order valence-electron chi connectivity index (χ3n) is 4.41. The van der Waals surface area contributed by atoms with Crippen molar-refractivity contribution in [2.24, 2.45) is 11.8 Å². The number of ether oxygens (including phenoxy) is 1. The Kier molecular flexibility index (Phi) is 6.11. The lowest BCUT2D eigenvalue weighted by Crippen LogP contribution is -2.57. The maximum Gasteiger partial charge on any atom is 0.0593 e. The lowest BCUT2D eigenvalue weighted by molar-refractivity contribution is 0.0575. The van der Waals surface area contributed by atoms with Crippen molar-refractivity contribution in [3.05, 3.63) is 0 Å². The summed E-state index contributed by atoms with van der Waals surface area (Å²) in [5.41, 5.74) is 0. The summed E-state index contributed by atoms with van der Waals surface area (Å²) in [5.74, 6) is 1.67. The lowest BCUT2D eigenvalue weighted by atomic mass is 9.99. The van der Waals surface area contributed by atoms with Crippen LogP contribution in [0.25, 0.3) is 0 Å². The van der Waals surface area contributed by atoms with E-state index in [4.69, 9.17) is 4.74 Å². The Morgan fingerprint density at radius 2 is 2.11 bits per heavy atom. The number of piperazine rings is 1. The van der Waals surface area contributed by atoms with Crippen molar-refractivity contribution in [1.29, 1.82) is 0 Å². The molecule has 0 aromatic heterocycles. The van der Waals surface area contributed by atoms with Crippen LogP contribution >= 0.6 is 0 Å².